The molecule has 0 radical (unpaired) electrons. The Kier molecular flexibility index (Phi) is 3.17. The number of aromatic nitrogens is 1. The molecule has 17 heavy (non-hydrogen) atoms. The lowest BCUT2D eigenvalue weighted by Crippen LogP contribution is -1.89. The fourth-order valence-corrected chi connectivity index (χ4v) is 1.75. The number of halogens is 1. The first kappa shape index (κ1) is 11.3. The van der Waals surface area contributed by atoms with Gasteiger partial charge in [-0.05, 0) is 23.8 Å². The number of benzene rings is 1. The maximum Gasteiger partial charge on any atom is 0.150 e. The third-order valence-electron chi connectivity index (χ3n) is 2.38. The summed E-state index contributed by atoms with van der Waals surface area (Å²) in [5, 5.41) is 9.14. The molecule has 0 aliphatic rings. The molecule has 0 bridgehead atoms. The average molecular weight is 243 g/mol. The van der Waals surface area contributed by atoms with Gasteiger partial charge in [0.15, 0.2) is 6.29 Å². The van der Waals surface area contributed by atoms with Gasteiger partial charge < -0.3 is 0 Å². The maximum atomic E-state index is 10.9. The summed E-state index contributed by atoms with van der Waals surface area (Å²) in [6, 6.07) is 8.64. The van der Waals surface area contributed by atoms with Gasteiger partial charge in [0.2, 0.25) is 0 Å². The molecule has 0 amide bonds. The predicted octanol–water partition coefficient (Wildman–Crippen LogP) is 3.09. The predicted molar refractivity (Wildman–Crippen MR) is 64.8 cm³/mol. The zero-order valence-electron chi connectivity index (χ0n) is 8.72. The number of aldehydes is 1. The fourth-order valence-electron chi connectivity index (χ4n) is 1.52. The largest absolute Gasteiger partial charge is 0.298 e. The van der Waals surface area contributed by atoms with Crippen molar-refractivity contribution in [2.45, 2.75) is 0 Å². The van der Waals surface area contributed by atoms with Crippen LogP contribution < -0.4 is 0 Å². The van der Waals surface area contributed by atoms with Crippen molar-refractivity contribution < 1.29 is 4.79 Å². The first-order valence-electron chi connectivity index (χ1n) is 4.85. The second-order valence-corrected chi connectivity index (χ2v) is 3.79. The van der Waals surface area contributed by atoms with Crippen molar-refractivity contribution in [3.05, 3.63) is 52.8 Å². The molecular weight excluding hydrogens is 236 g/mol. The molecule has 4 heteroatoms. The second kappa shape index (κ2) is 4.77. The summed E-state index contributed by atoms with van der Waals surface area (Å²) < 4.78 is 0. The van der Waals surface area contributed by atoms with Gasteiger partial charge in [-0.2, -0.15) is 5.26 Å². The summed E-state index contributed by atoms with van der Waals surface area (Å²) in [5.41, 5.74) is 2.42. The van der Waals surface area contributed by atoms with E-state index < -0.39 is 0 Å². The van der Waals surface area contributed by atoms with Crippen LogP contribution in [0.1, 0.15) is 15.9 Å². The Morgan fingerprint density at radius 2 is 2.18 bits per heavy atom. The standard InChI is InChI=1S/C13H7ClN2O/c14-13-5-9(1-2-10(13)6-15)12-7-16-4-3-11(12)8-17/h1-5,7-8H. The highest BCUT2D eigenvalue weighted by Gasteiger charge is 2.07. The topological polar surface area (TPSA) is 53.8 Å². The first-order chi connectivity index (χ1) is 8.26. The van der Waals surface area contributed by atoms with Crippen LogP contribution in [0.4, 0.5) is 0 Å². The van der Waals surface area contributed by atoms with Gasteiger partial charge in [-0.3, -0.25) is 9.78 Å². The second-order valence-electron chi connectivity index (χ2n) is 3.39. The quantitative estimate of drug-likeness (QED) is 0.761. The van der Waals surface area contributed by atoms with E-state index in [0.717, 1.165) is 11.8 Å². The Bertz CT molecular complexity index is 617. The summed E-state index contributed by atoms with van der Waals surface area (Å²) in [7, 11) is 0. The molecule has 1 heterocycles. The van der Waals surface area contributed by atoms with Crippen LogP contribution in [0.25, 0.3) is 11.1 Å². The Labute approximate surface area is 103 Å². The van der Waals surface area contributed by atoms with Crippen molar-refractivity contribution in [2.75, 3.05) is 0 Å². The van der Waals surface area contributed by atoms with Crippen molar-refractivity contribution >= 4 is 17.9 Å². The van der Waals surface area contributed by atoms with Crippen LogP contribution in [0, 0.1) is 11.3 Å². The van der Waals surface area contributed by atoms with Gasteiger partial charge in [0, 0.05) is 23.5 Å². The van der Waals surface area contributed by atoms with Gasteiger partial charge in [0.1, 0.15) is 6.07 Å². The van der Waals surface area contributed by atoms with Crippen LogP contribution in [-0.2, 0) is 0 Å². The smallest absolute Gasteiger partial charge is 0.150 e. The molecule has 0 unspecified atom stereocenters. The van der Waals surface area contributed by atoms with Crippen LogP contribution in [0.2, 0.25) is 5.02 Å². The van der Waals surface area contributed by atoms with Crippen molar-refractivity contribution in [3.63, 3.8) is 0 Å². The Hall–Kier alpha value is -2.18. The molecule has 0 aliphatic carbocycles. The fraction of sp³-hybridized carbons (Fsp3) is 0. The zero-order chi connectivity index (χ0) is 12.3. The molecule has 3 nitrogen and oxygen atoms in total. The minimum absolute atomic E-state index is 0.366. The van der Waals surface area contributed by atoms with E-state index >= 15 is 0 Å². The molecular formula is C13H7ClN2O. The summed E-state index contributed by atoms with van der Waals surface area (Å²) >= 11 is 5.94. The molecule has 0 N–H and O–H groups in total. The highest BCUT2D eigenvalue weighted by molar-refractivity contribution is 6.32. The average Bonchev–Trinajstić information content (AvgIpc) is 2.38. The maximum absolute atomic E-state index is 10.9. The lowest BCUT2D eigenvalue weighted by atomic mass is 10.0. The van der Waals surface area contributed by atoms with Crippen LogP contribution >= 0.6 is 11.6 Å². The van der Waals surface area contributed by atoms with Gasteiger partial charge >= 0.3 is 0 Å². The molecule has 2 aromatic rings. The first-order valence-corrected chi connectivity index (χ1v) is 5.23. The summed E-state index contributed by atoms with van der Waals surface area (Å²) in [5.74, 6) is 0. The van der Waals surface area contributed by atoms with E-state index in [1.807, 2.05) is 6.07 Å². The highest BCUT2D eigenvalue weighted by atomic mass is 35.5. The Morgan fingerprint density at radius 3 is 2.82 bits per heavy atom. The number of nitrogens with zero attached hydrogens (tertiary/aromatic N) is 2. The summed E-state index contributed by atoms with van der Waals surface area (Å²) in [4.78, 5) is 14.9. The lowest BCUT2D eigenvalue weighted by molar-refractivity contribution is 0.112. The molecule has 0 atom stereocenters. The van der Waals surface area contributed by atoms with Crippen LogP contribution in [0.15, 0.2) is 36.7 Å². The molecule has 0 saturated heterocycles. The van der Waals surface area contributed by atoms with Crippen molar-refractivity contribution in [1.82, 2.24) is 4.98 Å². The molecule has 0 saturated carbocycles. The summed E-state index contributed by atoms with van der Waals surface area (Å²) in [6.07, 6.45) is 3.92. The minimum Gasteiger partial charge on any atom is -0.298 e. The monoisotopic (exact) mass is 242 g/mol. The molecule has 0 fully saturated rings. The third kappa shape index (κ3) is 2.17. The van der Waals surface area contributed by atoms with E-state index in [9.17, 15) is 4.79 Å². The van der Waals surface area contributed by atoms with Gasteiger partial charge in [0.25, 0.3) is 0 Å². The van der Waals surface area contributed by atoms with Gasteiger partial charge in [-0.1, -0.05) is 17.7 Å². The lowest BCUT2D eigenvalue weighted by Gasteiger charge is -2.05. The Morgan fingerprint density at radius 1 is 1.35 bits per heavy atom. The SMILES string of the molecule is N#Cc1ccc(-c2cnccc2C=O)cc1Cl. The number of hydrogen-bond donors (Lipinski definition) is 0. The molecule has 1 aromatic carbocycles. The molecule has 0 aliphatic heterocycles. The van der Waals surface area contributed by atoms with Gasteiger partial charge in [0.05, 0.1) is 10.6 Å². The third-order valence-corrected chi connectivity index (χ3v) is 2.70. The number of hydrogen-bond acceptors (Lipinski definition) is 3. The van der Waals surface area contributed by atoms with Crippen LogP contribution in [-0.4, -0.2) is 11.3 Å². The number of carbonyl (C=O) groups excluding carboxylic acids is 1. The number of rotatable bonds is 2. The van der Waals surface area contributed by atoms with E-state index in [1.54, 1.807) is 36.7 Å². The molecule has 0 spiro atoms. The summed E-state index contributed by atoms with van der Waals surface area (Å²) in [6.45, 7) is 0. The minimum atomic E-state index is 0.366. The van der Waals surface area contributed by atoms with Crippen molar-refractivity contribution in [3.8, 4) is 17.2 Å². The highest BCUT2D eigenvalue weighted by Crippen LogP contribution is 2.26. The van der Waals surface area contributed by atoms with Crippen LogP contribution in [0.3, 0.4) is 0 Å². The molecule has 82 valence electrons. The van der Waals surface area contributed by atoms with Crippen molar-refractivity contribution in [1.29, 1.82) is 5.26 Å². The normalized spacial score (nSPS) is 9.65. The zero-order valence-corrected chi connectivity index (χ0v) is 9.48. The van der Waals surface area contributed by atoms with E-state index in [2.05, 4.69) is 4.98 Å². The Balaban J connectivity index is 2.58. The van der Waals surface area contributed by atoms with Gasteiger partial charge in [-0.25, -0.2) is 0 Å². The number of nitriles is 1. The van der Waals surface area contributed by atoms with Crippen molar-refractivity contribution in [2.24, 2.45) is 0 Å². The van der Waals surface area contributed by atoms with E-state index in [1.165, 1.54) is 0 Å². The van der Waals surface area contributed by atoms with E-state index in [0.29, 0.717) is 21.7 Å². The van der Waals surface area contributed by atoms with E-state index in [-0.39, 0.29) is 0 Å². The van der Waals surface area contributed by atoms with E-state index in [4.69, 9.17) is 16.9 Å². The van der Waals surface area contributed by atoms with Gasteiger partial charge in [-0.15, -0.1) is 0 Å². The number of carbonyl (C=O) groups is 1. The van der Waals surface area contributed by atoms with Crippen LogP contribution in [0.5, 0.6) is 0 Å². The molecule has 2 rings (SSSR count). The number of pyridine rings is 1. The molecule has 1 aromatic heterocycles.